The molecule has 0 aliphatic carbocycles. The number of aliphatic hydroxyl groups is 1. The summed E-state index contributed by atoms with van der Waals surface area (Å²) in [5.41, 5.74) is 5.36. The van der Waals surface area contributed by atoms with Gasteiger partial charge in [0.15, 0.2) is 0 Å². The lowest BCUT2D eigenvalue weighted by molar-refractivity contribution is -0.136. The van der Waals surface area contributed by atoms with E-state index in [1.807, 2.05) is 13.8 Å². The summed E-state index contributed by atoms with van der Waals surface area (Å²) >= 11 is 0. The third-order valence-corrected chi connectivity index (χ3v) is 3.46. The van der Waals surface area contributed by atoms with Crippen LogP contribution in [0.15, 0.2) is 0 Å². The van der Waals surface area contributed by atoms with Crippen molar-refractivity contribution < 1.29 is 14.7 Å². The number of aliphatic hydroxyl groups excluding tert-OH is 1. The highest BCUT2D eigenvalue weighted by Crippen LogP contribution is 2.19. The molecule has 0 unspecified atom stereocenters. The molecule has 1 fully saturated rings. The van der Waals surface area contributed by atoms with Gasteiger partial charge in [-0.1, -0.05) is 0 Å². The first-order valence-electron chi connectivity index (χ1n) is 7.29. The van der Waals surface area contributed by atoms with E-state index in [0.717, 1.165) is 0 Å². The number of nitrogens with two attached hydrogens (primary N) is 1. The Balaban J connectivity index is 2.32. The number of carbonyl (C=O) groups excluding carboxylic acids is 2. The first-order chi connectivity index (χ1) is 9.33. The molecular formula is C14H27N3O3. The van der Waals surface area contributed by atoms with Crippen molar-refractivity contribution in [1.29, 1.82) is 0 Å². The molecule has 6 nitrogen and oxygen atoms in total. The third-order valence-electron chi connectivity index (χ3n) is 3.46. The van der Waals surface area contributed by atoms with Gasteiger partial charge in [-0.05, 0) is 33.1 Å². The van der Waals surface area contributed by atoms with Crippen molar-refractivity contribution >= 4 is 11.8 Å². The van der Waals surface area contributed by atoms with Crippen LogP contribution in [0.1, 0.15) is 39.5 Å². The fourth-order valence-corrected chi connectivity index (χ4v) is 2.33. The number of hydrogen-bond acceptors (Lipinski definition) is 4. The van der Waals surface area contributed by atoms with Crippen molar-refractivity contribution in [2.24, 2.45) is 11.7 Å². The van der Waals surface area contributed by atoms with Crippen LogP contribution >= 0.6 is 0 Å². The zero-order valence-corrected chi connectivity index (χ0v) is 12.5. The van der Waals surface area contributed by atoms with E-state index in [9.17, 15) is 9.59 Å². The third kappa shape index (κ3) is 5.88. The maximum Gasteiger partial charge on any atom is 0.224 e. The first-order valence-corrected chi connectivity index (χ1v) is 7.29. The van der Waals surface area contributed by atoms with E-state index in [1.165, 1.54) is 0 Å². The lowest BCUT2D eigenvalue weighted by Gasteiger charge is -2.33. The van der Waals surface area contributed by atoms with Gasteiger partial charge in [0.2, 0.25) is 11.8 Å². The van der Waals surface area contributed by atoms with Crippen LogP contribution < -0.4 is 11.1 Å². The van der Waals surface area contributed by atoms with Gasteiger partial charge in [0.05, 0.1) is 0 Å². The van der Waals surface area contributed by atoms with Crippen LogP contribution in [0.2, 0.25) is 0 Å². The van der Waals surface area contributed by atoms with Gasteiger partial charge in [-0.25, -0.2) is 0 Å². The number of nitrogens with zero attached hydrogens (tertiary/aromatic N) is 1. The molecule has 0 atom stereocenters. The molecule has 0 saturated carbocycles. The maximum atomic E-state index is 12.0. The van der Waals surface area contributed by atoms with Gasteiger partial charge in [-0.15, -0.1) is 0 Å². The molecule has 2 amide bonds. The summed E-state index contributed by atoms with van der Waals surface area (Å²) in [5.74, 6) is 0.0740. The van der Waals surface area contributed by atoms with Crippen LogP contribution in [0, 0.1) is 5.92 Å². The molecule has 0 spiro atoms. The summed E-state index contributed by atoms with van der Waals surface area (Å²) in [6, 6.07) is 0. The topological polar surface area (TPSA) is 95.7 Å². The Morgan fingerprint density at radius 1 is 1.35 bits per heavy atom. The molecule has 1 aliphatic heterocycles. The predicted molar refractivity (Wildman–Crippen MR) is 76.9 cm³/mol. The lowest BCUT2D eigenvalue weighted by atomic mass is 9.94. The fraction of sp³-hybridized carbons (Fsp3) is 0.857. The number of amides is 2. The molecule has 1 saturated heterocycles. The maximum absolute atomic E-state index is 12.0. The Hall–Kier alpha value is -1.14. The van der Waals surface area contributed by atoms with Crippen molar-refractivity contribution in [2.45, 2.75) is 45.1 Å². The molecule has 0 radical (unpaired) electrons. The van der Waals surface area contributed by atoms with E-state index < -0.39 is 5.54 Å². The summed E-state index contributed by atoms with van der Waals surface area (Å²) in [4.78, 5) is 25.7. The van der Waals surface area contributed by atoms with Gasteiger partial charge in [0.1, 0.15) is 0 Å². The minimum absolute atomic E-state index is 0.0244. The molecule has 4 N–H and O–H groups in total. The number of hydrogen-bond donors (Lipinski definition) is 3. The molecule has 1 heterocycles. The molecule has 0 aromatic carbocycles. The second kappa shape index (κ2) is 7.59. The molecule has 1 aliphatic rings. The molecule has 116 valence electrons. The monoisotopic (exact) mass is 285 g/mol. The van der Waals surface area contributed by atoms with E-state index in [0.29, 0.717) is 45.3 Å². The molecule has 0 aromatic heterocycles. The largest absolute Gasteiger partial charge is 0.396 e. The number of carbonyl (C=O) groups is 2. The van der Waals surface area contributed by atoms with Crippen molar-refractivity contribution in [3.63, 3.8) is 0 Å². The smallest absolute Gasteiger partial charge is 0.224 e. The summed E-state index contributed by atoms with van der Waals surface area (Å²) in [5, 5.41) is 11.5. The van der Waals surface area contributed by atoms with Crippen LogP contribution in [0.5, 0.6) is 0 Å². The normalized spacial score (nSPS) is 17.1. The van der Waals surface area contributed by atoms with Crippen LogP contribution in [0.25, 0.3) is 0 Å². The predicted octanol–water partition coefficient (Wildman–Crippen LogP) is -0.149. The standard InChI is InChI=1S/C14H27N3O3/c1-14(2,15)10-12(19)17-7-4-11(5-8-17)13(20)16-6-3-9-18/h11,18H,3-10,15H2,1-2H3,(H,16,20). The molecule has 6 heteroatoms. The van der Waals surface area contributed by atoms with Crippen molar-refractivity contribution in [2.75, 3.05) is 26.2 Å². The zero-order valence-electron chi connectivity index (χ0n) is 12.5. The van der Waals surface area contributed by atoms with Gasteiger partial charge < -0.3 is 21.1 Å². The fourth-order valence-electron chi connectivity index (χ4n) is 2.33. The van der Waals surface area contributed by atoms with Gasteiger partial charge in [-0.2, -0.15) is 0 Å². The highest BCUT2D eigenvalue weighted by molar-refractivity contribution is 5.80. The van der Waals surface area contributed by atoms with Crippen LogP contribution in [-0.4, -0.2) is 53.6 Å². The molecule has 20 heavy (non-hydrogen) atoms. The average Bonchev–Trinajstić information content (AvgIpc) is 2.37. The Morgan fingerprint density at radius 3 is 2.45 bits per heavy atom. The molecular weight excluding hydrogens is 258 g/mol. The van der Waals surface area contributed by atoms with Crippen molar-refractivity contribution in [3.05, 3.63) is 0 Å². The summed E-state index contributed by atoms with van der Waals surface area (Å²) in [6.45, 7) is 5.51. The number of nitrogens with one attached hydrogen (secondary N) is 1. The summed E-state index contributed by atoms with van der Waals surface area (Å²) < 4.78 is 0. The first kappa shape index (κ1) is 16.9. The Kier molecular flexibility index (Phi) is 6.42. The number of likely N-dealkylation sites (tertiary alicyclic amines) is 1. The van der Waals surface area contributed by atoms with Crippen LogP contribution in [0.4, 0.5) is 0 Å². The second-order valence-electron chi connectivity index (χ2n) is 6.19. The quantitative estimate of drug-likeness (QED) is 0.591. The second-order valence-corrected chi connectivity index (χ2v) is 6.19. The number of rotatable bonds is 6. The SMILES string of the molecule is CC(C)(N)CC(=O)N1CCC(C(=O)NCCCO)CC1. The number of piperidine rings is 1. The highest BCUT2D eigenvalue weighted by atomic mass is 16.3. The van der Waals surface area contributed by atoms with E-state index in [-0.39, 0.29) is 24.3 Å². The Labute approximate surface area is 120 Å². The van der Waals surface area contributed by atoms with Gasteiger partial charge in [-0.3, -0.25) is 9.59 Å². The average molecular weight is 285 g/mol. The molecule has 1 rings (SSSR count). The van der Waals surface area contributed by atoms with Gasteiger partial charge >= 0.3 is 0 Å². The summed E-state index contributed by atoms with van der Waals surface area (Å²) in [6.07, 6.45) is 2.30. The molecule has 0 bridgehead atoms. The van der Waals surface area contributed by atoms with E-state index >= 15 is 0 Å². The Bertz CT molecular complexity index is 331. The minimum atomic E-state index is -0.490. The van der Waals surface area contributed by atoms with Crippen molar-refractivity contribution in [1.82, 2.24) is 10.2 Å². The van der Waals surface area contributed by atoms with Crippen molar-refractivity contribution in [3.8, 4) is 0 Å². The highest BCUT2D eigenvalue weighted by Gasteiger charge is 2.28. The minimum Gasteiger partial charge on any atom is -0.396 e. The van der Waals surface area contributed by atoms with Crippen LogP contribution in [-0.2, 0) is 9.59 Å². The van der Waals surface area contributed by atoms with E-state index in [2.05, 4.69) is 5.32 Å². The summed E-state index contributed by atoms with van der Waals surface area (Å²) in [7, 11) is 0. The van der Waals surface area contributed by atoms with Gasteiger partial charge in [0.25, 0.3) is 0 Å². The lowest BCUT2D eigenvalue weighted by Crippen LogP contribution is -2.46. The van der Waals surface area contributed by atoms with Gasteiger partial charge in [0, 0.05) is 44.1 Å². The Morgan fingerprint density at radius 2 is 1.95 bits per heavy atom. The van der Waals surface area contributed by atoms with E-state index in [1.54, 1.807) is 4.90 Å². The van der Waals surface area contributed by atoms with Crippen LogP contribution in [0.3, 0.4) is 0 Å². The zero-order chi connectivity index (χ0) is 15.2. The molecule has 0 aromatic rings. The van der Waals surface area contributed by atoms with E-state index in [4.69, 9.17) is 10.8 Å².